The normalized spacial score (nSPS) is 19.0. The topological polar surface area (TPSA) is 104 Å². The fourth-order valence-corrected chi connectivity index (χ4v) is 3.87. The van der Waals surface area contributed by atoms with E-state index in [4.69, 9.17) is 5.11 Å². The number of nitrogens with zero attached hydrogens (tertiary/aromatic N) is 1. The Bertz CT molecular complexity index is 700. The van der Waals surface area contributed by atoms with E-state index in [1.165, 1.54) is 16.4 Å². The molecule has 0 spiro atoms. The molecule has 1 amide bonds. The maximum atomic E-state index is 12.3. The predicted molar refractivity (Wildman–Crippen MR) is 89.0 cm³/mol. The number of hydrogen-bond donors (Lipinski definition) is 2. The van der Waals surface area contributed by atoms with Gasteiger partial charge in [0.2, 0.25) is 15.9 Å². The number of carboxylic acid groups (broad SMARTS) is 1. The van der Waals surface area contributed by atoms with Crippen molar-refractivity contribution in [3.63, 3.8) is 0 Å². The monoisotopic (exact) mass is 354 g/mol. The Labute approximate surface area is 141 Å². The van der Waals surface area contributed by atoms with Crippen LogP contribution >= 0.6 is 0 Å². The van der Waals surface area contributed by atoms with Crippen LogP contribution in [0, 0.1) is 5.92 Å². The Kier molecular flexibility index (Phi) is 5.95. The molecule has 1 aliphatic heterocycles. The van der Waals surface area contributed by atoms with Gasteiger partial charge >= 0.3 is 5.97 Å². The van der Waals surface area contributed by atoms with E-state index >= 15 is 0 Å². The minimum Gasteiger partial charge on any atom is -0.478 e. The fraction of sp³-hybridized carbons (Fsp3) is 0.500. The van der Waals surface area contributed by atoms with Crippen molar-refractivity contribution in [1.82, 2.24) is 9.62 Å². The second-order valence-corrected chi connectivity index (χ2v) is 8.08. The molecule has 1 aromatic rings. The molecule has 0 radical (unpaired) electrons. The summed E-state index contributed by atoms with van der Waals surface area (Å²) in [5.41, 5.74) is 0.986. The highest BCUT2D eigenvalue weighted by Gasteiger charge is 2.31. The molecule has 1 saturated heterocycles. The van der Waals surface area contributed by atoms with Gasteiger partial charge in [-0.15, -0.1) is 0 Å². The molecule has 1 aromatic carbocycles. The van der Waals surface area contributed by atoms with Crippen molar-refractivity contribution in [2.75, 3.05) is 18.8 Å². The van der Waals surface area contributed by atoms with Crippen LogP contribution < -0.4 is 5.32 Å². The number of hydrogen-bond acceptors (Lipinski definition) is 4. The van der Waals surface area contributed by atoms with Crippen LogP contribution in [0.15, 0.2) is 24.3 Å². The second kappa shape index (κ2) is 7.76. The molecule has 1 aliphatic rings. The number of carbonyl (C=O) groups excluding carboxylic acids is 1. The van der Waals surface area contributed by atoms with Crippen LogP contribution in [0.4, 0.5) is 0 Å². The third kappa shape index (κ3) is 4.55. The van der Waals surface area contributed by atoms with Crippen molar-refractivity contribution in [3.05, 3.63) is 35.4 Å². The van der Waals surface area contributed by atoms with E-state index in [-0.39, 0.29) is 36.2 Å². The molecule has 2 N–H and O–H groups in total. The van der Waals surface area contributed by atoms with E-state index in [2.05, 4.69) is 5.32 Å². The molecule has 1 heterocycles. The number of benzene rings is 1. The fourth-order valence-electron chi connectivity index (χ4n) is 2.69. The summed E-state index contributed by atoms with van der Waals surface area (Å²) < 4.78 is 25.3. The van der Waals surface area contributed by atoms with Crippen molar-refractivity contribution in [3.8, 4) is 0 Å². The van der Waals surface area contributed by atoms with Crippen LogP contribution in [0.25, 0.3) is 0 Å². The van der Waals surface area contributed by atoms with E-state index in [9.17, 15) is 18.0 Å². The number of carbonyl (C=O) groups is 2. The van der Waals surface area contributed by atoms with Crippen LogP contribution in [0.5, 0.6) is 0 Å². The average Bonchev–Trinajstić information content (AvgIpc) is 2.60. The zero-order chi connectivity index (χ0) is 17.7. The van der Waals surface area contributed by atoms with Crippen molar-refractivity contribution >= 4 is 21.9 Å². The summed E-state index contributed by atoms with van der Waals surface area (Å²) in [6, 6.07) is 6.27. The zero-order valence-electron chi connectivity index (χ0n) is 13.6. The maximum Gasteiger partial charge on any atom is 0.335 e. The molecule has 24 heavy (non-hydrogen) atoms. The van der Waals surface area contributed by atoms with Crippen LogP contribution in [0.1, 0.15) is 35.7 Å². The second-order valence-electron chi connectivity index (χ2n) is 5.82. The number of piperidine rings is 1. The van der Waals surface area contributed by atoms with Gasteiger partial charge < -0.3 is 10.4 Å². The lowest BCUT2D eigenvalue weighted by atomic mass is 9.98. The van der Waals surface area contributed by atoms with Gasteiger partial charge in [-0.05, 0) is 37.5 Å². The summed E-state index contributed by atoms with van der Waals surface area (Å²) in [7, 11) is -3.27. The molecule has 1 atom stereocenters. The first-order chi connectivity index (χ1) is 11.3. The molecule has 2 rings (SSSR count). The van der Waals surface area contributed by atoms with E-state index in [0.29, 0.717) is 19.4 Å². The van der Waals surface area contributed by atoms with E-state index < -0.39 is 16.0 Å². The van der Waals surface area contributed by atoms with Gasteiger partial charge in [-0.25, -0.2) is 17.5 Å². The molecule has 8 heteroatoms. The largest absolute Gasteiger partial charge is 0.478 e. The number of aromatic carboxylic acids is 1. The molecule has 0 aliphatic carbocycles. The van der Waals surface area contributed by atoms with Crippen LogP contribution in [0.3, 0.4) is 0 Å². The first-order valence-corrected chi connectivity index (χ1v) is 9.52. The summed E-state index contributed by atoms with van der Waals surface area (Å²) in [5.74, 6) is -1.48. The van der Waals surface area contributed by atoms with Crippen LogP contribution in [-0.2, 0) is 21.4 Å². The highest BCUT2D eigenvalue weighted by molar-refractivity contribution is 7.89. The standard InChI is InChI=1S/C16H22N2O5S/c1-2-24(22,23)18-9-3-4-14(11-18)15(19)17-10-12-5-7-13(8-6-12)16(20)21/h5-8,14H,2-4,9-11H2,1H3,(H,17,19)(H,20,21). The highest BCUT2D eigenvalue weighted by atomic mass is 32.2. The molecule has 1 unspecified atom stereocenters. The summed E-state index contributed by atoms with van der Waals surface area (Å²) in [5, 5.41) is 11.7. The van der Waals surface area contributed by atoms with Gasteiger partial charge in [0, 0.05) is 19.6 Å². The van der Waals surface area contributed by atoms with Crippen LogP contribution in [-0.4, -0.2) is 48.5 Å². The molecule has 0 saturated carbocycles. The number of amides is 1. The highest BCUT2D eigenvalue weighted by Crippen LogP contribution is 2.19. The lowest BCUT2D eigenvalue weighted by Crippen LogP contribution is -2.45. The molecule has 7 nitrogen and oxygen atoms in total. The summed E-state index contributed by atoms with van der Waals surface area (Å²) >= 11 is 0. The van der Waals surface area contributed by atoms with Gasteiger partial charge in [0.15, 0.2) is 0 Å². The quantitative estimate of drug-likeness (QED) is 0.795. The number of sulfonamides is 1. The first-order valence-electron chi connectivity index (χ1n) is 7.91. The Morgan fingerprint density at radius 2 is 1.96 bits per heavy atom. The Morgan fingerprint density at radius 1 is 1.29 bits per heavy atom. The summed E-state index contributed by atoms with van der Waals surface area (Å²) in [6.07, 6.45) is 1.34. The first kappa shape index (κ1) is 18.4. The zero-order valence-corrected chi connectivity index (χ0v) is 14.4. The van der Waals surface area contributed by atoms with Crippen LogP contribution in [0.2, 0.25) is 0 Å². The third-order valence-corrected chi connectivity index (χ3v) is 6.03. The molecule has 0 bridgehead atoms. The van der Waals surface area contributed by atoms with Crippen molar-refractivity contribution < 1.29 is 23.1 Å². The minimum atomic E-state index is -3.27. The molecular weight excluding hydrogens is 332 g/mol. The van der Waals surface area contributed by atoms with Crippen molar-refractivity contribution in [1.29, 1.82) is 0 Å². The molecule has 1 fully saturated rings. The Hall–Kier alpha value is -1.93. The minimum absolute atomic E-state index is 0.0390. The smallest absolute Gasteiger partial charge is 0.335 e. The van der Waals surface area contributed by atoms with Crippen molar-refractivity contribution in [2.24, 2.45) is 5.92 Å². The van der Waals surface area contributed by atoms with E-state index in [1.54, 1.807) is 19.1 Å². The lowest BCUT2D eigenvalue weighted by molar-refractivity contribution is -0.126. The SMILES string of the molecule is CCS(=O)(=O)N1CCCC(C(=O)NCc2ccc(C(=O)O)cc2)C1. The van der Waals surface area contributed by atoms with Gasteiger partial charge in [0.25, 0.3) is 0 Å². The Balaban J connectivity index is 1.91. The van der Waals surface area contributed by atoms with E-state index in [0.717, 1.165) is 5.56 Å². The lowest BCUT2D eigenvalue weighted by Gasteiger charge is -2.30. The number of carboxylic acids is 1. The summed E-state index contributed by atoms with van der Waals surface area (Å²) in [4.78, 5) is 23.1. The number of nitrogens with one attached hydrogen (secondary N) is 1. The van der Waals surface area contributed by atoms with Gasteiger partial charge in [0.05, 0.1) is 17.2 Å². The molecular formula is C16H22N2O5S. The maximum absolute atomic E-state index is 12.3. The van der Waals surface area contributed by atoms with Gasteiger partial charge in [-0.1, -0.05) is 12.1 Å². The average molecular weight is 354 g/mol. The van der Waals surface area contributed by atoms with Crippen molar-refractivity contribution in [2.45, 2.75) is 26.3 Å². The number of rotatable bonds is 6. The van der Waals surface area contributed by atoms with Gasteiger partial charge in [0.1, 0.15) is 0 Å². The third-order valence-electron chi connectivity index (χ3n) is 4.18. The Morgan fingerprint density at radius 3 is 2.54 bits per heavy atom. The molecule has 0 aromatic heterocycles. The van der Waals surface area contributed by atoms with E-state index in [1.807, 2.05) is 0 Å². The predicted octanol–water partition coefficient (Wildman–Crippen LogP) is 1.06. The summed E-state index contributed by atoms with van der Waals surface area (Å²) in [6.45, 7) is 2.58. The van der Waals surface area contributed by atoms with Gasteiger partial charge in [-0.3, -0.25) is 4.79 Å². The van der Waals surface area contributed by atoms with Gasteiger partial charge in [-0.2, -0.15) is 0 Å². The molecule has 132 valence electrons.